The zero-order valence-electron chi connectivity index (χ0n) is 14.7. The number of halogens is 2. The molecule has 0 aliphatic carbocycles. The maximum absolute atomic E-state index is 6.01. The Labute approximate surface area is 160 Å². The highest BCUT2D eigenvalue weighted by molar-refractivity contribution is 6.34. The summed E-state index contributed by atoms with van der Waals surface area (Å²) in [5.41, 5.74) is 1.10. The molecule has 140 valence electrons. The van der Waals surface area contributed by atoms with E-state index in [4.69, 9.17) is 32.7 Å². The van der Waals surface area contributed by atoms with Crippen LogP contribution in [0.25, 0.3) is 0 Å². The van der Waals surface area contributed by atoms with Crippen molar-refractivity contribution in [3.8, 4) is 0 Å². The zero-order chi connectivity index (χ0) is 17.9. The van der Waals surface area contributed by atoms with Gasteiger partial charge in [-0.15, -0.1) is 0 Å². The molecule has 1 saturated heterocycles. The first kappa shape index (κ1) is 20.3. The van der Waals surface area contributed by atoms with E-state index in [1.165, 1.54) is 0 Å². The van der Waals surface area contributed by atoms with Gasteiger partial charge in [0.05, 0.1) is 12.7 Å². The first-order chi connectivity index (χ1) is 12.2. The second kappa shape index (κ2) is 11.6. The van der Waals surface area contributed by atoms with E-state index >= 15 is 0 Å². The van der Waals surface area contributed by atoms with Crippen LogP contribution in [0.2, 0.25) is 10.0 Å². The van der Waals surface area contributed by atoms with E-state index in [0.29, 0.717) is 22.8 Å². The molecule has 0 saturated carbocycles. The summed E-state index contributed by atoms with van der Waals surface area (Å²) < 4.78 is 11.2. The minimum Gasteiger partial charge on any atom is -0.379 e. The lowest BCUT2D eigenvalue weighted by molar-refractivity contribution is 0.0168. The Bertz CT molecular complexity index is 529. The first-order valence-electron chi connectivity index (χ1n) is 8.76. The summed E-state index contributed by atoms with van der Waals surface area (Å²) >= 11 is 12.0. The Morgan fingerprint density at radius 3 is 2.68 bits per heavy atom. The Hall–Kier alpha value is -1.01. The average molecular weight is 388 g/mol. The lowest BCUT2D eigenvalue weighted by atomic mass is 10.1. The SMILES string of the molecule is CN=C(NCCCOCC1CCCO1)NCCc1cc(Cl)cc(Cl)c1. The van der Waals surface area contributed by atoms with Crippen molar-refractivity contribution in [2.45, 2.75) is 31.8 Å². The Morgan fingerprint density at radius 1 is 1.24 bits per heavy atom. The summed E-state index contributed by atoms with van der Waals surface area (Å²) in [4.78, 5) is 4.22. The number of rotatable bonds is 9. The highest BCUT2D eigenvalue weighted by Crippen LogP contribution is 2.19. The number of benzene rings is 1. The molecule has 1 aromatic carbocycles. The van der Waals surface area contributed by atoms with Crippen LogP contribution in [-0.2, 0) is 15.9 Å². The maximum Gasteiger partial charge on any atom is 0.190 e. The number of guanidine groups is 1. The van der Waals surface area contributed by atoms with Gasteiger partial charge in [-0.3, -0.25) is 4.99 Å². The molecule has 1 aromatic rings. The van der Waals surface area contributed by atoms with Gasteiger partial charge >= 0.3 is 0 Å². The van der Waals surface area contributed by atoms with E-state index in [2.05, 4.69) is 15.6 Å². The maximum atomic E-state index is 6.01. The molecule has 0 radical (unpaired) electrons. The lowest BCUT2D eigenvalue weighted by Crippen LogP contribution is -2.39. The molecule has 1 aliphatic heterocycles. The van der Waals surface area contributed by atoms with Crippen LogP contribution in [0.4, 0.5) is 0 Å². The molecule has 1 aliphatic rings. The number of ether oxygens (including phenoxy) is 2. The van der Waals surface area contributed by atoms with E-state index in [-0.39, 0.29) is 0 Å². The molecule has 0 spiro atoms. The van der Waals surface area contributed by atoms with Crippen LogP contribution in [0.1, 0.15) is 24.8 Å². The molecule has 0 bridgehead atoms. The van der Waals surface area contributed by atoms with Gasteiger partial charge in [-0.1, -0.05) is 23.2 Å². The Kier molecular flexibility index (Phi) is 9.40. The molecule has 1 fully saturated rings. The largest absolute Gasteiger partial charge is 0.379 e. The molecule has 25 heavy (non-hydrogen) atoms. The van der Waals surface area contributed by atoms with Crippen LogP contribution in [0.5, 0.6) is 0 Å². The van der Waals surface area contributed by atoms with Gasteiger partial charge in [0.15, 0.2) is 5.96 Å². The summed E-state index contributed by atoms with van der Waals surface area (Å²) in [5.74, 6) is 0.784. The monoisotopic (exact) mass is 387 g/mol. The highest BCUT2D eigenvalue weighted by atomic mass is 35.5. The van der Waals surface area contributed by atoms with E-state index in [9.17, 15) is 0 Å². The first-order valence-corrected chi connectivity index (χ1v) is 9.52. The van der Waals surface area contributed by atoms with Crippen molar-refractivity contribution in [3.05, 3.63) is 33.8 Å². The Balaban J connectivity index is 1.54. The van der Waals surface area contributed by atoms with Gasteiger partial charge in [-0.05, 0) is 49.4 Å². The molecule has 2 rings (SSSR count). The predicted molar refractivity (Wildman–Crippen MR) is 104 cm³/mol. The third-order valence-corrected chi connectivity index (χ3v) is 4.37. The number of hydrogen-bond acceptors (Lipinski definition) is 3. The van der Waals surface area contributed by atoms with E-state index in [0.717, 1.165) is 63.5 Å². The number of hydrogen-bond donors (Lipinski definition) is 2. The van der Waals surface area contributed by atoms with Gasteiger partial charge in [0, 0.05) is 43.4 Å². The molecule has 0 amide bonds. The second-order valence-corrected chi connectivity index (χ2v) is 6.89. The van der Waals surface area contributed by atoms with Crippen LogP contribution < -0.4 is 10.6 Å². The molecular weight excluding hydrogens is 361 g/mol. The van der Waals surface area contributed by atoms with Crippen LogP contribution in [0, 0.1) is 0 Å². The highest BCUT2D eigenvalue weighted by Gasteiger charge is 2.14. The molecule has 1 heterocycles. The van der Waals surface area contributed by atoms with Crippen molar-refractivity contribution >= 4 is 29.2 Å². The van der Waals surface area contributed by atoms with Gasteiger partial charge < -0.3 is 20.1 Å². The molecule has 5 nitrogen and oxygen atoms in total. The summed E-state index contributed by atoms with van der Waals surface area (Å²) in [7, 11) is 1.76. The molecule has 2 N–H and O–H groups in total. The molecular formula is C18H27Cl2N3O2. The summed E-state index contributed by atoms with van der Waals surface area (Å²) in [6.45, 7) is 3.87. The standard InChI is InChI=1S/C18H27Cl2N3O2/c1-21-18(22-6-3-8-24-13-17-4-2-9-25-17)23-7-5-14-10-15(19)12-16(20)11-14/h10-12,17H,2-9,13H2,1H3,(H2,21,22,23). The van der Waals surface area contributed by atoms with Gasteiger partial charge in [-0.2, -0.15) is 0 Å². The molecule has 7 heteroatoms. The normalized spacial score (nSPS) is 17.7. The minimum atomic E-state index is 0.294. The fraction of sp³-hybridized carbons (Fsp3) is 0.611. The van der Waals surface area contributed by atoms with Crippen LogP contribution in [0.15, 0.2) is 23.2 Å². The predicted octanol–water partition coefficient (Wildman–Crippen LogP) is 3.29. The summed E-state index contributed by atoms with van der Waals surface area (Å²) in [6.07, 6.45) is 4.32. The topological polar surface area (TPSA) is 54.9 Å². The van der Waals surface area contributed by atoms with Crippen molar-refractivity contribution in [1.82, 2.24) is 10.6 Å². The fourth-order valence-corrected chi connectivity index (χ4v) is 3.24. The van der Waals surface area contributed by atoms with Crippen molar-refractivity contribution in [3.63, 3.8) is 0 Å². The summed E-state index contributed by atoms with van der Waals surface area (Å²) in [5, 5.41) is 7.89. The minimum absolute atomic E-state index is 0.294. The Morgan fingerprint density at radius 2 is 2.00 bits per heavy atom. The van der Waals surface area contributed by atoms with Gasteiger partial charge in [0.1, 0.15) is 0 Å². The lowest BCUT2D eigenvalue weighted by Gasteiger charge is -2.13. The third kappa shape index (κ3) is 8.27. The van der Waals surface area contributed by atoms with Crippen molar-refractivity contribution in [2.75, 3.05) is 40.0 Å². The third-order valence-electron chi connectivity index (χ3n) is 3.94. The molecule has 1 atom stereocenters. The zero-order valence-corrected chi connectivity index (χ0v) is 16.2. The molecule has 1 unspecified atom stereocenters. The number of nitrogens with zero attached hydrogens (tertiary/aromatic N) is 1. The van der Waals surface area contributed by atoms with E-state index in [1.807, 2.05) is 12.1 Å². The summed E-state index contributed by atoms with van der Waals surface area (Å²) in [6, 6.07) is 5.59. The number of aliphatic imine (C=N–C) groups is 1. The van der Waals surface area contributed by atoms with Gasteiger partial charge in [0.25, 0.3) is 0 Å². The van der Waals surface area contributed by atoms with Crippen LogP contribution in [0.3, 0.4) is 0 Å². The van der Waals surface area contributed by atoms with Crippen LogP contribution >= 0.6 is 23.2 Å². The van der Waals surface area contributed by atoms with Gasteiger partial charge in [0.2, 0.25) is 0 Å². The van der Waals surface area contributed by atoms with Crippen molar-refractivity contribution < 1.29 is 9.47 Å². The smallest absolute Gasteiger partial charge is 0.190 e. The number of nitrogens with one attached hydrogen (secondary N) is 2. The van der Waals surface area contributed by atoms with Gasteiger partial charge in [-0.25, -0.2) is 0 Å². The van der Waals surface area contributed by atoms with E-state index in [1.54, 1.807) is 13.1 Å². The van der Waals surface area contributed by atoms with Crippen LogP contribution in [-0.4, -0.2) is 52.0 Å². The molecule has 0 aromatic heterocycles. The van der Waals surface area contributed by atoms with Crippen molar-refractivity contribution in [1.29, 1.82) is 0 Å². The van der Waals surface area contributed by atoms with Crippen molar-refractivity contribution in [2.24, 2.45) is 4.99 Å². The quantitative estimate of drug-likeness (QED) is 0.387. The fourth-order valence-electron chi connectivity index (χ4n) is 2.67. The average Bonchev–Trinajstić information content (AvgIpc) is 3.08. The second-order valence-electron chi connectivity index (χ2n) is 6.02. The van der Waals surface area contributed by atoms with E-state index < -0.39 is 0 Å².